The van der Waals surface area contributed by atoms with Crippen LogP contribution < -0.4 is 0 Å². The molecule has 0 aliphatic carbocycles. The van der Waals surface area contributed by atoms with Crippen LogP contribution in [0.1, 0.15) is 42.3 Å². The molecule has 0 saturated heterocycles. The van der Waals surface area contributed by atoms with Crippen LogP contribution in [0.2, 0.25) is 0 Å². The molecule has 2 aromatic carbocycles. The molecule has 0 saturated carbocycles. The molecule has 1 amide bonds. The van der Waals surface area contributed by atoms with Crippen molar-refractivity contribution in [2.75, 3.05) is 6.54 Å². The Morgan fingerprint density at radius 2 is 1.77 bits per heavy atom. The lowest BCUT2D eigenvalue weighted by atomic mass is 9.78. The van der Waals surface area contributed by atoms with Gasteiger partial charge in [-0.05, 0) is 24.1 Å². The van der Waals surface area contributed by atoms with Crippen LogP contribution in [0, 0.1) is 5.41 Å². The number of rotatable bonds is 3. The molecular weight excluding hydrogens is 324 g/mol. The molecule has 1 aliphatic rings. The maximum Gasteiger partial charge on any atom is 0.256 e. The van der Waals surface area contributed by atoms with Crippen molar-refractivity contribution >= 4 is 16.8 Å². The molecular formula is C22H24N2O2. The van der Waals surface area contributed by atoms with E-state index < -0.39 is 11.1 Å². The summed E-state index contributed by atoms with van der Waals surface area (Å²) in [7, 11) is 0. The molecule has 3 aromatic rings. The van der Waals surface area contributed by atoms with E-state index in [0.717, 1.165) is 16.5 Å². The molecule has 0 radical (unpaired) electrons. The summed E-state index contributed by atoms with van der Waals surface area (Å²) >= 11 is 0. The highest BCUT2D eigenvalue weighted by Crippen LogP contribution is 2.48. The average Bonchev–Trinajstić information content (AvgIpc) is 3.12. The van der Waals surface area contributed by atoms with Crippen molar-refractivity contribution in [2.45, 2.75) is 32.9 Å². The van der Waals surface area contributed by atoms with E-state index in [-0.39, 0.29) is 5.91 Å². The molecule has 0 fully saturated rings. The third kappa shape index (κ3) is 2.29. The van der Waals surface area contributed by atoms with Gasteiger partial charge in [0.05, 0.1) is 0 Å². The lowest BCUT2D eigenvalue weighted by Gasteiger charge is -2.44. The number of nitrogens with zero attached hydrogens (tertiary/aromatic N) is 1. The van der Waals surface area contributed by atoms with Crippen LogP contribution in [-0.2, 0) is 12.1 Å². The fourth-order valence-electron chi connectivity index (χ4n) is 4.05. The van der Waals surface area contributed by atoms with Gasteiger partial charge >= 0.3 is 0 Å². The highest BCUT2D eigenvalue weighted by Gasteiger charge is 2.55. The van der Waals surface area contributed by atoms with E-state index in [0.29, 0.717) is 24.1 Å². The second-order valence-electron chi connectivity index (χ2n) is 8.03. The summed E-state index contributed by atoms with van der Waals surface area (Å²) in [6, 6.07) is 15.5. The summed E-state index contributed by atoms with van der Waals surface area (Å²) in [5.74, 6) is -0.0992. The van der Waals surface area contributed by atoms with Gasteiger partial charge in [0.2, 0.25) is 0 Å². The van der Waals surface area contributed by atoms with Gasteiger partial charge in [0.15, 0.2) is 5.72 Å². The Kier molecular flexibility index (Phi) is 3.70. The molecule has 1 aliphatic heterocycles. The topological polar surface area (TPSA) is 56.3 Å². The minimum absolute atomic E-state index is 0.0992. The molecule has 1 atom stereocenters. The van der Waals surface area contributed by atoms with Gasteiger partial charge in [-0.2, -0.15) is 0 Å². The predicted molar refractivity (Wildman–Crippen MR) is 103 cm³/mol. The molecule has 4 nitrogen and oxygen atoms in total. The number of aliphatic hydroxyl groups is 1. The fourth-order valence-corrected chi connectivity index (χ4v) is 4.05. The molecule has 0 spiro atoms. The first-order chi connectivity index (χ1) is 12.3. The van der Waals surface area contributed by atoms with Crippen molar-refractivity contribution in [3.63, 3.8) is 0 Å². The molecule has 4 rings (SSSR count). The van der Waals surface area contributed by atoms with Gasteiger partial charge in [-0.1, -0.05) is 57.2 Å². The van der Waals surface area contributed by atoms with Crippen LogP contribution >= 0.6 is 0 Å². The number of para-hydroxylation sites is 1. The first kappa shape index (κ1) is 16.9. The zero-order valence-corrected chi connectivity index (χ0v) is 15.4. The number of aromatic amines is 1. The van der Waals surface area contributed by atoms with E-state index in [4.69, 9.17) is 0 Å². The number of carbonyl (C=O) groups excluding carboxylic acids is 1. The van der Waals surface area contributed by atoms with Gasteiger partial charge in [-0.25, -0.2) is 0 Å². The summed E-state index contributed by atoms with van der Waals surface area (Å²) in [5, 5.41) is 12.8. The van der Waals surface area contributed by atoms with Crippen molar-refractivity contribution < 1.29 is 9.90 Å². The Morgan fingerprint density at radius 1 is 1.08 bits per heavy atom. The highest BCUT2D eigenvalue weighted by atomic mass is 16.3. The normalized spacial score (nSPS) is 20.0. The zero-order valence-electron chi connectivity index (χ0n) is 15.4. The smallest absolute Gasteiger partial charge is 0.256 e. The quantitative estimate of drug-likeness (QED) is 0.750. The van der Waals surface area contributed by atoms with E-state index in [1.807, 2.05) is 63.4 Å². The highest BCUT2D eigenvalue weighted by molar-refractivity contribution is 6.00. The Balaban J connectivity index is 1.70. The van der Waals surface area contributed by atoms with Crippen LogP contribution in [-0.4, -0.2) is 27.4 Å². The summed E-state index contributed by atoms with van der Waals surface area (Å²) < 4.78 is 0. The number of H-pyrrole nitrogens is 1. The second-order valence-corrected chi connectivity index (χ2v) is 8.03. The SMILES string of the molecule is CC(C)(C)C1(O)c2ccccc2C(=O)N1CCc1c[nH]c2ccccc12. The lowest BCUT2D eigenvalue weighted by molar-refractivity contribution is -0.158. The van der Waals surface area contributed by atoms with Gasteiger partial charge in [0, 0.05) is 40.2 Å². The Hall–Kier alpha value is -2.59. The van der Waals surface area contributed by atoms with Crippen LogP contribution in [0.4, 0.5) is 0 Å². The molecule has 4 heteroatoms. The van der Waals surface area contributed by atoms with Crippen molar-refractivity contribution in [2.24, 2.45) is 5.41 Å². The summed E-state index contributed by atoms with van der Waals surface area (Å²) in [4.78, 5) is 18.0. The number of fused-ring (bicyclic) bond motifs is 2. The van der Waals surface area contributed by atoms with Gasteiger partial charge in [-0.3, -0.25) is 4.79 Å². The van der Waals surface area contributed by atoms with Gasteiger partial charge < -0.3 is 15.0 Å². The molecule has 1 aromatic heterocycles. The molecule has 0 bridgehead atoms. The van der Waals surface area contributed by atoms with Gasteiger partial charge in [-0.15, -0.1) is 0 Å². The summed E-state index contributed by atoms with van der Waals surface area (Å²) in [6.45, 7) is 6.38. The Labute approximate surface area is 153 Å². The number of hydrogen-bond acceptors (Lipinski definition) is 2. The number of nitrogens with one attached hydrogen (secondary N) is 1. The minimum atomic E-state index is -1.31. The number of aromatic nitrogens is 1. The van der Waals surface area contributed by atoms with Crippen molar-refractivity contribution in [3.05, 3.63) is 71.4 Å². The maximum absolute atomic E-state index is 13.0. The van der Waals surface area contributed by atoms with Gasteiger partial charge in [0.25, 0.3) is 5.91 Å². The van der Waals surface area contributed by atoms with E-state index in [1.165, 1.54) is 0 Å². The van der Waals surface area contributed by atoms with Crippen molar-refractivity contribution in [1.29, 1.82) is 0 Å². The number of amides is 1. The van der Waals surface area contributed by atoms with E-state index >= 15 is 0 Å². The maximum atomic E-state index is 13.0. The van der Waals surface area contributed by atoms with Crippen molar-refractivity contribution in [1.82, 2.24) is 9.88 Å². The van der Waals surface area contributed by atoms with Crippen LogP contribution in [0.5, 0.6) is 0 Å². The number of carbonyl (C=O) groups is 1. The molecule has 134 valence electrons. The van der Waals surface area contributed by atoms with E-state index in [1.54, 1.807) is 11.0 Å². The van der Waals surface area contributed by atoms with Crippen LogP contribution in [0.25, 0.3) is 10.9 Å². The monoisotopic (exact) mass is 348 g/mol. The minimum Gasteiger partial charge on any atom is -0.366 e. The zero-order chi connectivity index (χ0) is 18.5. The molecule has 2 N–H and O–H groups in total. The van der Waals surface area contributed by atoms with Crippen LogP contribution in [0.3, 0.4) is 0 Å². The third-order valence-electron chi connectivity index (χ3n) is 5.49. The standard InChI is InChI=1S/C22H24N2O2/c1-21(2,3)22(26)18-10-6-4-9-17(18)20(25)24(22)13-12-15-14-23-19-11-7-5-8-16(15)19/h4-11,14,23,26H,12-13H2,1-3H3. The second kappa shape index (κ2) is 5.71. The third-order valence-corrected chi connectivity index (χ3v) is 5.49. The fraction of sp³-hybridized carbons (Fsp3) is 0.318. The summed E-state index contributed by atoms with van der Waals surface area (Å²) in [6.07, 6.45) is 2.68. The average molecular weight is 348 g/mol. The predicted octanol–water partition coefficient (Wildman–Crippen LogP) is 4.06. The van der Waals surface area contributed by atoms with Gasteiger partial charge in [0.1, 0.15) is 0 Å². The first-order valence-electron chi connectivity index (χ1n) is 9.03. The van der Waals surface area contributed by atoms with E-state index in [2.05, 4.69) is 11.1 Å². The van der Waals surface area contributed by atoms with E-state index in [9.17, 15) is 9.90 Å². The molecule has 1 unspecified atom stereocenters. The first-order valence-corrected chi connectivity index (χ1v) is 9.03. The summed E-state index contributed by atoms with van der Waals surface area (Å²) in [5.41, 5.74) is 1.73. The Bertz CT molecular complexity index is 983. The molecule has 26 heavy (non-hydrogen) atoms. The Morgan fingerprint density at radius 3 is 2.54 bits per heavy atom. The molecule has 2 heterocycles. The largest absolute Gasteiger partial charge is 0.366 e. The van der Waals surface area contributed by atoms with Crippen LogP contribution in [0.15, 0.2) is 54.7 Å². The number of hydrogen-bond donors (Lipinski definition) is 2. The van der Waals surface area contributed by atoms with Crippen molar-refractivity contribution in [3.8, 4) is 0 Å². The number of benzene rings is 2. The lowest BCUT2D eigenvalue weighted by Crippen LogP contribution is -2.53.